The molecule has 1 aromatic carbocycles. The van der Waals surface area contributed by atoms with Crippen molar-refractivity contribution in [3.63, 3.8) is 0 Å². The Balaban J connectivity index is 2.44. The van der Waals surface area contributed by atoms with Crippen LogP contribution in [0.1, 0.15) is 29.8 Å². The SMILES string of the molecule is Cc1ccc(F)c2c1NCC(C(C)C)NC2=O. The van der Waals surface area contributed by atoms with Crippen molar-refractivity contribution in [1.29, 1.82) is 0 Å². The first-order valence-electron chi connectivity index (χ1n) is 5.84. The molecule has 17 heavy (non-hydrogen) atoms. The molecule has 1 atom stereocenters. The second-order valence-corrected chi connectivity index (χ2v) is 4.82. The molecule has 1 unspecified atom stereocenters. The predicted molar refractivity (Wildman–Crippen MR) is 65.7 cm³/mol. The lowest BCUT2D eigenvalue weighted by molar-refractivity contribution is 0.0929. The van der Waals surface area contributed by atoms with E-state index in [1.54, 1.807) is 6.07 Å². The number of anilines is 1. The van der Waals surface area contributed by atoms with Gasteiger partial charge in [-0.15, -0.1) is 0 Å². The van der Waals surface area contributed by atoms with Gasteiger partial charge in [0.1, 0.15) is 5.82 Å². The number of fused-ring (bicyclic) bond motifs is 1. The van der Waals surface area contributed by atoms with Crippen LogP contribution in [-0.4, -0.2) is 18.5 Å². The van der Waals surface area contributed by atoms with Crippen LogP contribution >= 0.6 is 0 Å². The molecule has 0 bridgehead atoms. The molecular formula is C13H17FN2O. The van der Waals surface area contributed by atoms with Crippen LogP contribution in [0.25, 0.3) is 0 Å². The zero-order valence-corrected chi connectivity index (χ0v) is 10.3. The summed E-state index contributed by atoms with van der Waals surface area (Å²) in [5.41, 5.74) is 1.64. The molecule has 0 saturated heterocycles. The van der Waals surface area contributed by atoms with Gasteiger partial charge in [0.15, 0.2) is 0 Å². The largest absolute Gasteiger partial charge is 0.382 e. The number of hydrogen-bond acceptors (Lipinski definition) is 2. The van der Waals surface area contributed by atoms with Crippen LogP contribution in [-0.2, 0) is 0 Å². The lowest BCUT2D eigenvalue weighted by Crippen LogP contribution is -2.41. The molecule has 0 saturated carbocycles. The fourth-order valence-electron chi connectivity index (χ4n) is 2.04. The highest BCUT2D eigenvalue weighted by Crippen LogP contribution is 2.26. The van der Waals surface area contributed by atoms with Crippen LogP contribution in [0, 0.1) is 18.7 Å². The molecule has 0 spiro atoms. The average Bonchev–Trinajstić information content (AvgIpc) is 2.44. The third-order valence-corrected chi connectivity index (χ3v) is 3.21. The Bertz CT molecular complexity index is 457. The van der Waals surface area contributed by atoms with Gasteiger partial charge >= 0.3 is 0 Å². The monoisotopic (exact) mass is 236 g/mol. The van der Waals surface area contributed by atoms with Crippen LogP contribution in [0.2, 0.25) is 0 Å². The molecule has 1 aliphatic rings. The Morgan fingerprint density at radius 1 is 1.41 bits per heavy atom. The van der Waals surface area contributed by atoms with Crippen molar-refractivity contribution >= 4 is 11.6 Å². The summed E-state index contributed by atoms with van der Waals surface area (Å²) in [5.74, 6) is -0.492. The minimum absolute atomic E-state index is 0.0219. The van der Waals surface area contributed by atoms with Gasteiger partial charge < -0.3 is 10.6 Å². The number of benzene rings is 1. The second-order valence-electron chi connectivity index (χ2n) is 4.82. The molecule has 4 heteroatoms. The Hall–Kier alpha value is -1.58. The molecule has 1 amide bonds. The van der Waals surface area contributed by atoms with Gasteiger partial charge in [0.25, 0.3) is 5.91 Å². The minimum atomic E-state index is -0.472. The molecule has 2 N–H and O–H groups in total. The Labute approximate surface area is 100 Å². The van der Waals surface area contributed by atoms with Crippen molar-refractivity contribution in [3.8, 4) is 0 Å². The number of amides is 1. The Morgan fingerprint density at radius 3 is 2.76 bits per heavy atom. The number of carbonyl (C=O) groups excluding carboxylic acids is 1. The first-order valence-corrected chi connectivity index (χ1v) is 5.84. The molecule has 0 aromatic heterocycles. The van der Waals surface area contributed by atoms with Gasteiger partial charge in [0.2, 0.25) is 0 Å². The van der Waals surface area contributed by atoms with Crippen molar-refractivity contribution in [1.82, 2.24) is 5.32 Å². The number of carbonyl (C=O) groups is 1. The highest BCUT2D eigenvalue weighted by molar-refractivity contribution is 6.01. The molecule has 1 aliphatic heterocycles. The Morgan fingerprint density at radius 2 is 2.12 bits per heavy atom. The summed E-state index contributed by atoms with van der Waals surface area (Å²) >= 11 is 0. The van der Waals surface area contributed by atoms with Gasteiger partial charge in [0.05, 0.1) is 11.3 Å². The van der Waals surface area contributed by atoms with E-state index >= 15 is 0 Å². The fraction of sp³-hybridized carbons (Fsp3) is 0.462. The quantitative estimate of drug-likeness (QED) is 0.785. The van der Waals surface area contributed by atoms with E-state index in [1.807, 2.05) is 20.8 Å². The van der Waals surface area contributed by atoms with Crippen LogP contribution in [0.3, 0.4) is 0 Å². The number of hydrogen-bond donors (Lipinski definition) is 2. The molecule has 2 rings (SSSR count). The van der Waals surface area contributed by atoms with Crippen LogP contribution < -0.4 is 10.6 Å². The van der Waals surface area contributed by atoms with E-state index < -0.39 is 5.82 Å². The maximum Gasteiger partial charge on any atom is 0.256 e. The highest BCUT2D eigenvalue weighted by Gasteiger charge is 2.26. The number of halogens is 1. The molecule has 0 radical (unpaired) electrons. The van der Waals surface area contributed by atoms with Gasteiger partial charge in [-0.05, 0) is 24.5 Å². The van der Waals surface area contributed by atoms with E-state index in [1.165, 1.54) is 6.07 Å². The van der Waals surface area contributed by atoms with Crippen molar-refractivity contribution in [2.24, 2.45) is 5.92 Å². The zero-order valence-electron chi connectivity index (χ0n) is 10.3. The standard InChI is InChI=1S/C13H17FN2O/c1-7(2)10-6-15-12-8(3)4-5-9(14)11(12)13(17)16-10/h4-5,7,10,15H,6H2,1-3H3,(H,16,17). The first-order chi connectivity index (χ1) is 8.00. The second kappa shape index (κ2) is 4.35. The third-order valence-electron chi connectivity index (χ3n) is 3.21. The number of aryl methyl sites for hydroxylation is 1. The summed E-state index contributed by atoms with van der Waals surface area (Å²) in [7, 11) is 0. The van der Waals surface area contributed by atoms with E-state index in [0.717, 1.165) is 5.56 Å². The topological polar surface area (TPSA) is 41.1 Å². The van der Waals surface area contributed by atoms with Gasteiger partial charge in [-0.3, -0.25) is 4.79 Å². The normalized spacial score (nSPS) is 19.4. The van der Waals surface area contributed by atoms with E-state index in [9.17, 15) is 9.18 Å². The van der Waals surface area contributed by atoms with Gasteiger partial charge in [-0.25, -0.2) is 4.39 Å². The average molecular weight is 236 g/mol. The smallest absolute Gasteiger partial charge is 0.256 e. The first kappa shape index (κ1) is 11.9. The minimum Gasteiger partial charge on any atom is -0.382 e. The van der Waals surface area contributed by atoms with Gasteiger partial charge in [-0.2, -0.15) is 0 Å². The summed E-state index contributed by atoms with van der Waals surface area (Å²) in [5, 5.41) is 6.03. The summed E-state index contributed by atoms with van der Waals surface area (Å²) in [6.07, 6.45) is 0. The van der Waals surface area contributed by atoms with Crippen molar-refractivity contribution in [2.45, 2.75) is 26.8 Å². The Kier molecular flexibility index (Phi) is 3.05. The van der Waals surface area contributed by atoms with Gasteiger partial charge in [0, 0.05) is 12.6 Å². The highest BCUT2D eigenvalue weighted by atomic mass is 19.1. The molecule has 3 nitrogen and oxygen atoms in total. The van der Waals surface area contributed by atoms with Crippen LogP contribution in [0.4, 0.5) is 10.1 Å². The predicted octanol–water partition coefficient (Wildman–Crippen LogP) is 2.31. The van der Waals surface area contributed by atoms with E-state index in [4.69, 9.17) is 0 Å². The van der Waals surface area contributed by atoms with Crippen LogP contribution in [0.15, 0.2) is 12.1 Å². The van der Waals surface area contributed by atoms with Crippen molar-refractivity contribution in [2.75, 3.05) is 11.9 Å². The fourth-order valence-corrected chi connectivity index (χ4v) is 2.04. The van der Waals surface area contributed by atoms with Crippen molar-refractivity contribution in [3.05, 3.63) is 29.1 Å². The molecule has 1 heterocycles. The molecule has 0 aliphatic carbocycles. The maximum atomic E-state index is 13.7. The van der Waals surface area contributed by atoms with Gasteiger partial charge in [-0.1, -0.05) is 19.9 Å². The van der Waals surface area contributed by atoms with E-state index in [0.29, 0.717) is 18.2 Å². The molecule has 0 fully saturated rings. The molecule has 1 aromatic rings. The maximum absolute atomic E-state index is 13.7. The summed E-state index contributed by atoms with van der Waals surface area (Å²) in [6, 6.07) is 3.05. The summed E-state index contributed by atoms with van der Waals surface area (Å²) in [6.45, 7) is 6.56. The third kappa shape index (κ3) is 2.12. The van der Waals surface area contributed by atoms with E-state index in [-0.39, 0.29) is 17.5 Å². The summed E-state index contributed by atoms with van der Waals surface area (Å²) in [4.78, 5) is 12.0. The lowest BCUT2D eigenvalue weighted by Gasteiger charge is -2.19. The lowest BCUT2D eigenvalue weighted by atomic mass is 10.0. The molecule has 92 valence electrons. The summed E-state index contributed by atoms with van der Waals surface area (Å²) < 4.78 is 13.7. The van der Waals surface area contributed by atoms with E-state index in [2.05, 4.69) is 10.6 Å². The number of rotatable bonds is 1. The molecular weight excluding hydrogens is 219 g/mol. The van der Waals surface area contributed by atoms with Crippen LogP contribution in [0.5, 0.6) is 0 Å². The van der Waals surface area contributed by atoms with Crippen molar-refractivity contribution < 1.29 is 9.18 Å². The zero-order chi connectivity index (χ0) is 12.6. The number of nitrogens with one attached hydrogen (secondary N) is 2.